The van der Waals surface area contributed by atoms with Gasteiger partial charge in [-0.3, -0.25) is 9.78 Å². The molecule has 2 aliphatic rings. The minimum Gasteiger partial charge on any atom is -0.335 e. The second kappa shape index (κ2) is 9.06. The minimum absolute atomic E-state index is 0.0300. The third kappa shape index (κ3) is 4.46. The van der Waals surface area contributed by atoms with Crippen molar-refractivity contribution in [1.29, 1.82) is 0 Å². The summed E-state index contributed by atoms with van der Waals surface area (Å²) in [4.78, 5) is 19.7. The fraction of sp³-hybridized carbons (Fsp3) is 0.455. The number of amides is 1. The van der Waals surface area contributed by atoms with E-state index in [1.165, 1.54) is 22.5 Å². The zero-order chi connectivity index (χ0) is 22.2. The van der Waals surface area contributed by atoms with Crippen LogP contribution in [0, 0.1) is 5.92 Å². The first-order valence-electron chi connectivity index (χ1n) is 10.5. The van der Waals surface area contributed by atoms with Gasteiger partial charge in [-0.05, 0) is 55.5 Å². The largest absolute Gasteiger partial charge is 0.335 e. The van der Waals surface area contributed by atoms with E-state index in [0.717, 1.165) is 25.0 Å². The lowest BCUT2D eigenvalue weighted by atomic mass is 9.89. The second-order valence-corrected chi connectivity index (χ2v) is 10.9. The number of halogens is 2. The first-order chi connectivity index (χ1) is 14.8. The molecule has 2 aromatic rings. The summed E-state index contributed by atoms with van der Waals surface area (Å²) in [5.74, 6) is -0.134. The molecule has 166 valence electrons. The molecule has 2 bridgehead atoms. The van der Waals surface area contributed by atoms with Crippen LogP contribution in [0.3, 0.4) is 0 Å². The van der Waals surface area contributed by atoms with E-state index in [1.807, 2.05) is 25.1 Å². The highest BCUT2D eigenvalue weighted by atomic mass is 35.5. The molecule has 31 heavy (non-hydrogen) atoms. The Bertz CT molecular complexity index is 1040. The molecule has 4 rings (SSSR count). The predicted molar refractivity (Wildman–Crippen MR) is 120 cm³/mol. The van der Waals surface area contributed by atoms with Gasteiger partial charge in [0.25, 0.3) is 0 Å². The van der Waals surface area contributed by atoms with Crippen molar-refractivity contribution in [2.45, 2.75) is 56.1 Å². The molecule has 3 atom stereocenters. The van der Waals surface area contributed by atoms with E-state index >= 15 is 0 Å². The van der Waals surface area contributed by atoms with Gasteiger partial charge in [0.1, 0.15) is 6.04 Å². The van der Waals surface area contributed by atoms with Gasteiger partial charge >= 0.3 is 0 Å². The first-order valence-corrected chi connectivity index (χ1v) is 12.7. The van der Waals surface area contributed by atoms with Crippen molar-refractivity contribution in [2.24, 2.45) is 5.92 Å². The van der Waals surface area contributed by atoms with E-state index in [4.69, 9.17) is 23.2 Å². The predicted octanol–water partition coefficient (Wildman–Crippen LogP) is 4.37. The highest BCUT2D eigenvalue weighted by Gasteiger charge is 2.49. The van der Waals surface area contributed by atoms with Gasteiger partial charge in [0, 0.05) is 28.8 Å². The van der Waals surface area contributed by atoms with Crippen molar-refractivity contribution < 1.29 is 13.2 Å². The average Bonchev–Trinajstić information content (AvgIpc) is 2.81. The number of carbonyl (C=O) groups excluding carboxylic acids is 1. The van der Waals surface area contributed by atoms with Crippen LogP contribution in [0.4, 0.5) is 0 Å². The molecule has 1 aromatic heterocycles. The zero-order valence-corrected chi connectivity index (χ0v) is 19.6. The van der Waals surface area contributed by atoms with Crippen LogP contribution in [0.1, 0.15) is 38.3 Å². The summed E-state index contributed by atoms with van der Waals surface area (Å²) >= 11 is 12.2. The maximum absolute atomic E-state index is 13.8. The van der Waals surface area contributed by atoms with Crippen molar-refractivity contribution in [3.8, 4) is 0 Å². The molecule has 0 N–H and O–H groups in total. The Morgan fingerprint density at radius 2 is 1.87 bits per heavy atom. The average molecular weight is 482 g/mol. The van der Waals surface area contributed by atoms with E-state index in [0.29, 0.717) is 19.5 Å². The topological polar surface area (TPSA) is 70.6 Å². The molecule has 1 amide bonds. The van der Waals surface area contributed by atoms with Crippen LogP contribution < -0.4 is 0 Å². The van der Waals surface area contributed by atoms with Gasteiger partial charge in [0.2, 0.25) is 15.9 Å². The second-order valence-electron chi connectivity index (χ2n) is 8.16. The Kier molecular flexibility index (Phi) is 6.58. The fourth-order valence-electron chi connectivity index (χ4n) is 4.76. The number of sulfonamides is 1. The highest BCUT2D eigenvalue weighted by molar-refractivity contribution is 7.89. The standard InChI is InChI=1S/C22H25Cl2N3O3S/c1-2-15-13-26(14-18-6-3-4-9-25-18)22(28)21-8-5-7-20(15)27(21)31(29,30)19-11-16(23)10-17(24)12-19/h3-4,6,9-12,15,20-21H,2,5,7-8,13-14H2,1H3/t15-,20?,21?/m0/s1. The van der Waals surface area contributed by atoms with Crippen LogP contribution in [0.2, 0.25) is 10.0 Å². The number of carbonyl (C=O) groups is 1. The van der Waals surface area contributed by atoms with Gasteiger partial charge in [-0.1, -0.05) is 42.6 Å². The van der Waals surface area contributed by atoms with Crippen molar-refractivity contribution >= 4 is 39.1 Å². The number of piperidine rings is 1. The molecule has 2 unspecified atom stereocenters. The van der Waals surface area contributed by atoms with E-state index < -0.39 is 16.1 Å². The quantitative estimate of drug-likeness (QED) is 0.635. The number of pyridine rings is 1. The number of fused-ring (bicyclic) bond motifs is 2. The molecule has 6 nitrogen and oxygen atoms in total. The van der Waals surface area contributed by atoms with Crippen LogP contribution in [0.25, 0.3) is 0 Å². The number of nitrogens with zero attached hydrogens (tertiary/aromatic N) is 3. The summed E-state index contributed by atoms with van der Waals surface area (Å²) in [6.07, 6.45) is 4.52. The van der Waals surface area contributed by atoms with E-state index in [-0.39, 0.29) is 32.8 Å². The van der Waals surface area contributed by atoms with Gasteiger partial charge < -0.3 is 4.90 Å². The van der Waals surface area contributed by atoms with Crippen LogP contribution in [-0.2, 0) is 21.4 Å². The van der Waals surface area contributed by atoms with Gasteiger partial charge in [0.05, 0.1) is 17.1 Å². The molecule has 2 saturated heterocycles. The van der Waals surface area contributed by atoms with Crippen LogP contribution >= 0.6 is 23.2 Å². The molecule has 9 heteroatoms. The Morgan fingerprint density at radius 3 is 2.52 bits per heavy atom. The SMILES string of the molecule is CC[C@H]1CN(Cc2ccccn2)C(=O)C2CCCC1N2S(=O)(=O)c1cc(Cl)cc(Cl)c1. The number of rotatable bonds is 5. The van der Waals surface area contributed by atoms with E-state index in [9.17, 15) is 13.2 Å². The number of aromatic nitrogens is 1. The Morgan fingerprint density at radius 1 is 1.13 bits per heavy atom. The number of benzene rings is 1. The lowest BCUT2D eigenvalue weighted by Gasteiger charge is -2.40. The molecule has 0 spiro atoms. The summed E-state index contributed by atoms with van der Waals surface area (Å²) in [6.45, 7) is 2.93. The molecule has 2 aliphatic heterocycles. The van der Waals surface area contributed by atoms with Crippen LogP contribution in [0.15, 0.2) is 47.5 Å². The summed E-state index contributed by atoms with van der Waals surface area (Å²) in [6, 6.07) is 8.93. The zero-order valence-electron chi connectivity index (χ0n) is 17.2. The summed E-state index contributed by atoms with van der Waals surface area (Å²) in [5, 5.41) is 0.502. The van der Waals surface area contributed by atoms with Gasteiger partial charge in [-0.2, -0.15) is 4.31 Å². The lowest BCUT2D eigenvalue weighted by Crippen LogP contribution is -2.54. The molecule has 0 radical (unpaired) electrons. The monoisotopic (exact) mass is 481 g/mol. The molecule has 0 saturated carbocycles. The summed E-state index contributed by atoms with van der Waals surface area (Å²) in [5.41, 5.74) is 0.790. The van der Waals surface area contributed by atoms with Crippen LogP contribution in [0.5, 0.6) is 0 Å². The molecular weight excluding hydrogens is 457 g/mol. The van der Waals surface area contributed by atoms with Gasteiger partial charge in [-0.25, -0.2) is 8.42 Å². The van der Waals surface area contributed by atoms with Crippen molar-refractivity contribution in [3.05, 3.63) is 58.3 Å². The smallest absolute Gasteiger partial charge is 0.244 e. The van der Waals surface area contributed by atoms with E-state index in [2.05, 4.69) is 4.98 Å². The highest BCUT2D eigenvalue weighted by Crippen LogP contribution is 2.39. The molecule has 2 fully saturated rings. The maximum Gasteiger partial charge on any atom is 0.244 e. The summed E-state index contributed by atoms with van der Waals surface area (Å²) in [7, 11) is -3.96. The lowest BCUT2D eigenvalue weighted by molar-refractivity contribution is -0.135. The van der Waals surface area contributed by atoms with Gasteiger partial charge in [-0.15, -0.1) is 0 Å². The molecular formula is C22H25Cl2N3O3S. The normalized spacial score (nSPS) is 24.8. The Balaban J connectivity index is 1.75. The molecule has 0 aliphatic carbocycles. The number of hydrogen-bond donors (Lipinski definition) is 0. The minimum atomic E-state index is -3.96. The maximum atomic E-state index is 13.8. The van der Waals surface area contributed by atoms with E-state index in [1.54, 1.807) is 11.1 Å². The summed E-state index contributed by atoms with van der Waals surface area (Å²) < 4.78 is 29.0. The molecule has 3 heterocycles. The van der Waals surface area contributed by atoms with Crippen molar-refractivity contribution in [3.63, 3.8) is 0 Å². The number of hydrogen-bond acceptors (Lipinski definition) is 4. The third-order valence-corrected chi connectivity index (χ3v) is 8.57. The fourth-order valence-corrected chi connectivity index (χ4v) is 7.38. The Labute approximate surface area is 193 Å². The third-order valence-electron chi connectivity index (χ3n) is 6.22. The van der Waals surface area contributed by atoms with Crippen molar-refractivity contribution in [1.82, 2.24) is 14.2 Å². The van der Waals surface area contributed by atoms with Crippen LogP contribution in [-0.4, -0.2) is 47.1 Å². The van der Waals surface area contributed by atoms with Crippen molar-refractivity contribution in [2.75, 3.05) is 6.54 Å². The first kappa shape index (κ1) is 22.5. The molecule has 1 aromatic carbocycles. The van der Waals surface area contributed by atoms with Gasteiger partial charge in [0.15, 0.2) is 0 Å². The Hall–Kier alpha value is -1.67.